The second-order valence-corrected chi connectivity index (χ2v) is 4.75. The van der Waals surface area contributed by atoms with Crippen molar-refractivity contribution in [2.45, 2.75) is 6.54 Å². The number of nitrogens with two attached hydrogens (primary N) is 1. The molecule has 4 nitrogen and oxygen atoms in total. The van der Waals surface area contributed by atoms with Crippen LogP contribution < -0.4 is 5.73 Å². The molecule has 19 heavy (non-hydrogen) atoms. The minimum Gasteiger partial charge on any atom is -0.326 e. The average molecular weight is 273 g/mol. The number of benzene rings is 1. The van der Waals surface area contributed by atoms with Gasteiger partial charge in [-0.1, -0.05) is 17.7 Å². The Morgan fingerprint density at radius 1 is 1.32 bits per heavy atom. The molecule has 5 heteroatoms. The first-order valence-corrected chi connectivity index (χ1v) is 6.35. The van der Waals surface area contributed by atoms with E-state index in [1.807, 2.05) is 41.9 Å². The van der Waals surface area contributed by atoms with Gasteiger partial charge in [-0.2, -0.15) is 0 Å². The first kappa shape index (κ1) is 12.1. The fourth-order valence-corrected chi connectivity index (χ4v) is 2.50. The van der Waals surface area contributed by atoms with E-state index in [1.54, 1.807) is 6.20 Å². The number of halogens is 1. The first-order chi connectivity index (χ1) is 9.20. The molecule has 1 aromatic carbocycles. The van der Waals surface area contributed by atoms with E-state index >= 15 is 0 Å². The van der Waals surface area contributed by atoms with Crippen LogP contribution in [0.3, 0.4) is 0 Å². The van der Waals surface area contributed by atoms with Gasteiger partial charge in [-0.3, -0.25) is 4.98 Å². The highest BCUT2D eigenvalue weighted by molar-refractivity contribution is 6.35. The highest BCUT2D eigenvalue weighted by atomic mass is 35.5. The van der Waals surface area contributed by atoms with Crippen molar-refractivity contribution in [3.8, 4) is 11.4 Å². The van der Waals surface area contributed by atoms with Crippen molar-refractivity contribution in [2.24, 2.45) is 12.8 Å². The summed E-state index contributed by atoms with van der Waals surface area (Å²) >= 11 is 6.23. The minimum absolute atomic E-state index is 0.415. The van der Waals surface area contributed by atoms with Gasteiger partial charge in [0.05, 0.1) is 21.7 Å². The topological polar surface area (TPSA) is 56.7 Å². The molecule has 0 aliphatic heterocycles. The van der Waals surface area contributed by atoms with Gasteiger partial charge in [-0.25, -0.2) is 4.98 Å². The number of aryl methyl sites for hydroxylation is 1. The van der Waals surface area contributed by atoms with E-state index in [9.17, 15) is 0 Å². The maximum atomic E-state index is 6.23. The molecular formula is C14H13ClN4. The van der Waals surface area contributed by atoms with E-state index < -0.39 is 0 Å². The Hall–Kier alpha value is -1.91. The van der Waals surface area contributed by atoms with E-state index in [4.69, 9.17) is 17.3 Å². The maximum absolute atomic E-state index is 6.23. The van der Waals surface area contributed by atoms with Crippen LogP contribution in [-0.4, -0.2) is 14.5 Å². The van der Waals surface area contributed by atoms with Gasteiger partial charge in [0.2, 0.25) is 0 Å². The summed E-state index contributed by atoms with van der Waals surface area (Å²) in [5.74, 6) is 0.861. The number of imidazole rings is 1. The summed E-state index contributed by atoms with van der Waals surface area (Å²) in [7, 11) is 1.96. The summed E-state index contributed by atoms with van der Waals surface area (Å²) < 4.78 is 1.99. The van der Waals surface area contributed by atoms with Crippen molar-refractivity contribution < 1.29 is 0 Å². The van der Waals surface area contributed by atoms with Gasteiger partial charge >= 0.3 is 0 Å². The molecule has 0 amide bonds. The molecule has 0 aliphatic carbocycles. The van der Waals surface area contributed by atoms with E-state index in [0.29, 0.717) is 11.6 Å². The van der Waals surface area contributed by atoms with Gasteiger partial charge in [0.15, 0.2) is 0 Å². The van der Waals surface area contributed by atoms with Gasteiger partial charge in [0.25, 0.3) is 0 Å². The molecule has 3 rings (SSSR count). The van der Waals surface area contributed by atoms with Crippen LogP contribution in [0.2, 0.25) is 5.02 Å². The standard InChI is InChI=1S/C14H13ClN4/c1-19-13-11(15)3-2-4-12(13)18-14(19)9-5-6-17-10(7-9)8-16/h2-7H,8,16H2,1H3. The van der Waals surface area contributed by atoms with Crippen LogP contribution in [0.4, 0.5) is 0 Å². The number of para-hydroxylation sites is 1. The Balaban J connectivity index is 2.25. The predicted octanol–water partition coefficient (Wildman–Crippen LogP) is 2.75. The Bertz CT molecular complexity index is 748. The fourth-order valence-electron chi connectivity index (χ4n) is 2.21. The summed E-state index contributed by atoms with van der Waals surface area (Å²) in [5, 5.41) is 0.701. The molecule has 0 fully saturated rings. The molecule has 96 valence electrons. The number of nitrogens with zero attached hydrogens (tertiary/aromatic N) is 3. The minimum atomic E-state index is 0.415. The third kappa shape index (κ3) is 1.99. The quantitative estimate of drug-likeness (QED) is 0.780. The van der Waals surface area contributed by atoms with Crippen molar-refractivity contribution in [3.05, 3.63) is 47.2 Å². The van der Waals surface area contributed by atoms with Gasteiger partial charge in [0, 0.05) is 25.4 Å². The van der Waals surface area contributed by atoms with Crippen LogP contribution in [0.25, 0.3) is 22.4 Å². The number of aromatic nitrogens is 3. The van der Waals surface area contributed by atoms with Crippen molar-refractivity contribution in [1.29, 1.82) is 0 Å². The molecule has 0 spiro atoms. The van der Waals surface area contributed by atoms with Crippen molar-refractivity contribution in [1.82, 2.24) is 14.5 Å². The highest BCUT2D eigenvalue weighted by Gasteiger charge is 2.12. The largest absolute Gasteiger partial charge is 0.326 e. The molecule has 0 saturated carbocycles. The Morgan fingerprint density at radius 2 is 2.16 bits per heavy atom. The molecule has 0 unspecified atom stereocenters. The summed E-state index contributed by atoms with van der Waals surface area (Å²) in [6.45, 7) is 0.415. The van der Waals surface area contributed by atoms with Crippen LogP contribution >= 0.6 is 11.6 Å². The highest BCUT2D eigenvalue weighted by Crippen LogP contribution is 2.28. The number of hydrogen-bond donors (Lipinski definition) is 1. The zero-order valence-corrected chi connectivity index (χ0v) is 11.2. The lowest BCUT2D eigenvalue weighted by Crippen LogP contribution is -2.00. The van der Waals surface area contributed by atoms with Gasteiger partial charge in [-0.05, 0) is 24.3 Å². The predicted molar refractivity (Wildman–Crippen MR) is 76.8 cm³/mol. The smallest absolute Gasteiger partial charge is 0.141 e. The molecule has 2 heterocycles. The van der Waals surface area contributed by atoms with Crippen LogP contribution in [0.5, 0.6) is 0 Å². The Morgan fingerprint density at radius 3 is 2.89 bits per heavy atom. The molecule has 0 saturated heterocycles. The van der Waals surface area contributed by atoms with Crippen molar-refractivity contribution in [2.75, 3.05) is 0 Å². The molecule has 3 aromatic rings. The molecular weight excluding hydrogens is 260 g/mol. The summed E-state index contributed by atoms with van der Waals surface area (Å²) in [6, 6.07) is 9.60. The lowest BCUT2D eigenvalue weighted by atomic mass is 10.2. The number of rotatable bonds is 2. The average Bonchev–Trinajstić information content (AvgIpc) is 2.77. The molecule has 2 N–H and O–H groups in total. The molecule has 0 aliphatic rings. The molecule has 0 radical (unpaired) electrons. The maximum Gasteiger partial charge on any atom is 0.141 e. The number of hydrogen-bond acceptors (Lipinski definition) is 3. The normalized spacial score (nSPS) is 11.1. The number of pyridine rings is 1. The zero-order valence-electron chi connectivity index (χ0n) is 10.5. The Labute approximate surface area is 115 Å². The number of fused-ring (bicyclic) bond motifs is 1. The van der Waals surface area contributed by atoms with E-state index in [2.05, 4.69) is 9.97 Å². The zero-order chi connectivity index (χ0) is 13.4. The van der Waals surface area contributed by atoms with Crippen molar-refractivity contribution in [3.63, 3.8) is 0 Å². The summed E-state index contributed by atoms with van der Waals surface area (Å²) in [5.41, 5.74) is 9.28. The van der Waals surface area contributed by atoms with Crippen LogP contribution in [0, 0.1) is 0 Å². The second kappa shape index (κ2) is 4.64. The molecule has 0 atom stereocenters. The SMILES string of the molecule is Cn1c(-c2ccnc(CN)c2)nc2cccc(Cl)c21. The van der Waals surface area contributed by atoms with Crippen LogP contribution in [0.15, 0.2) is 36.5 Å². The van der Waals surface area contributed by atoms with Crippen molar-refractivity contribution >= 4 is 22.6 Å². The molecule has 0 bridgehead atoms. The van der Waals surface area contributed by atoms with Crippen LogP contribution in [-0.2, 0) is 13.6 Å². The first-order valence-electron chi connectivity index (χ1n) is 5.97. The molecule has 2 aromatic heterocycles. The van der Waals surface area contributed by atoms with E-state index in [-0.39, 0.29) is 0 Å². The summed E-state index contributed by atoms with van der Waals surface area (Å²) in [6.07, 6.45) is 1.75. The van der Waals surface area contributed by atoms with Crippen LogP contribution in [0.1, 0.15) is 5.69 Å². The monoisotopic (exact) mass is 272 g/mol. The van der Waals surface area contributed by atoms with Gasteiger partial charge in [-0.15, -0.1) is 0 Å². The summed E-state index contributed by atoms with van der Waals surface area (Å²) in [4.78, 5) is 8.83. The van der Waals surface area contributed by atoms with E-state index in [0.717, 1.165) is 28.1 Å². The van der Waals surface area contributed by atoms with Gasteiger partial charge in [0.1, 0.15) is 5.82 Å². The van der Waals surface area contributed by atoms with Gasteiger partial charge < -0.3 is 10.3 Å². The lowest BCUT2D eigenvalue weighted by molar-refractivity contribution is 0.950. The third-order valence-electron chi connectivity index (χ3n) is 3.13. The Kier molecular flexibility index (Phi) is 2.97. The van der Waals surface area contributed by atoms with E-state index in [1.165, 1.54) is 0 Å². The fraction of sp³-hybridized carbons (Fsp3) is 0.143. The lowest BCUT2D eigenvalue weighted by Gasteiger charge is -2.04. The third-order valence-corrected chi connectivity index (χ3v) is 3.43. The second-order valence-electron chi connectivity index (χ2n) is 4.34.